The molecule has 2 N–H and O–H groups in total. The molecule has 0 unspecified atom stereocenters. The highest BCUT2D eigenvalue weighted by atomic mass is 35.5. The number of nitrogens with zero attached hydrogens (tertiary/aromatic N) is 1. The smallest absolute Gasteiger partial charge is 0.326 e. The van der Waals surface area contributed by atoms with Crippen molar-refractivity contribution in [3.63, 3.8) is 0 Å². The number of nitrogens with one attached hydrogen (secondary N) is 2. The number of carbonyl (C=O) groups excluding carboxylic acids is 1. The highest BCUT2D eigenvalue weighted by molar-refractivity contribution is 6.31. The van der Waals surface area contributed by atoms with Crippen molar-refractivity contribution >= 4 is 17.5 Å². The second-order valence-corrected chi connectivity index (χ2v) is 5.73. The predicted molar refractivity (Wildman–Crippen MR) is 93.2 cm³/mol. The van der Waals surface area contributed by atoms with Crippen LogP contribution < -0.4 is 11.0 Å². The fourth-order valence-corrected chi connectivity index (χ4v) is 2.62. The molecule has 1 amide bonds. The minimum atomic E-state index is -0.329. The second kappa shape index (κ2) is 7.19. The summed E-state index contributed by atoms with van der Waals surface area (Å²) < 4.78 is 1.41. The van der Waals surface area contributed by atoms with E-state index in [1.807, 2.05) is 48.5 Å². The molecule has 1 aromatic heterocycles. The average molecular weight is 342 g/mol. The Balaban J connectivity index is 1.76. The number of imidazole rings is 1. The van der Waals surface area contributed by atoms with E-state index in [1.165, 1.54) is 10.8 Å². The molecule has 0 atom stereocenters. The third-order valence-electron chi connectivity index (χ3n) is 3.68. The van der Waals surface area contributed by atoms with Crippen LogP contribution in [-0.4, -0.2) is 15.5 Å². The van der Waals surface area contributed by atoms with Crippen LogP contribution in [0.3, 0.4) is 0 Å². The third-order valence-corrected chi connectivity index (χ3v) is 4.05. The normalized spacial score (nSPS) is 10.5. The first-order valence-corrected chi connectivity index (χ1v) is 7.86. The minimum Gasteiger partial charge on any atom is -0.347 e. The van der Waals surface area contributed by atoms with Gasteiger partial charge in [-0.25, -0.2) is 4.79 Å². The van der Waals surface area contributed by atoms with E-state index in [0.29, 0.717) is 18.1 Å². The average Bonchev–Trinajstić information content (AvgIpc) is 2.96. The lowest BCUT2D eigenvalue weighted by Gasteiger charge is -2.09. The largest absolute Gasteiger partial charge is 0.347 e. The molecule has 0 saturated heterocycles. The Bertz CT molecular complexity index is 900. The van der Waals surface area contributed by atoms with Crippen LogP contribution in [0.5, 0.6) is 0 Å². The maximum atomic E-state index is 12.4. The third kappa shape index (κ3) is 3.58. The summed E-state index contributed by atoms with van der Waals surface area (Å²) in [5, 5.41) is 3.38. The van der Waals surface area contributed by atoms with Crippen molar-refractivity contribution < 1.29 is 4.79 Å². The Morgan fingerprint density at radius 3 is 2.54 bits per heavy atom. The Morgan fingerprint density at radius 2 is 1.79 bits per heavy atom. The molecule has 3 aromatic rings. The van der Waals surface area contributed by atoms with E-state index < -0.39 is 0 Å². The maximum Gasteiger partial charge on any atom is 0.326 e. The molecule has 0 saturated carbocycles. The van der Waals surface area contributed by atoms with Crippen LogP contribution in [0.15, 0.2) is 65.6 Å². The number of aromatic nitrogens is 2. The number of carbonyl (C=O) groups is 1. The summed E-state index contributed by atoms with van der Waals surface area (Å²) in [6.07, 6.45) is 1.42. The van der Waals surface area contributed by atoms with Gasteiger partial charge in [0.1, 0.15) is 5.69 Å². The van der Waals surface area contributed by atoms with E-state index in [1.54, 1.807) is 6.07 Å². The van der Waals surface area contributed by atoms with E-state index in [-0.39, 0.29) is 17.3 Å². The zero-order valence-corrected chi connectivity index (χ0v) is 13.6. The quantitative estimate of drug-likeness (QED) is 0.749. The van der Waals surface area contributed by atoms with Gasteiger partial charge in [-0.2, -0.15) is 0 Å². The summed E-state index contributed by atoms with van der Waals surface area (Å²) in [4.78, 5) is 27.0. The topological polar surface area (TPSA) is 66.9 Å². The molecule has 0 bridgehead atoms. The van der Waals surface area contributed by atoms with Crippen molar-refractivity contribution in [3.05, 3.63) is 93.1 Å². The number of amides is 1. The zero-order valence-electron chi connectivity index (χ0n) is 12.8. The highest BCUT2D eigenvalue weighted by Gasteiger charge is 2.14. The summed E-state index contributed by atoms with van der Waals surface area (Å²) >= 11 is 6.08. The maximum absolute atomic E-state index is 12.4. The van der Waals surface area contributed by atoms with Gasteiger partial charge in [-0.15, -0.1) is 0 Å². The van der Waals surface area contributed by atoms with Gasteiger partial charge in [0.25, 0.3) is 5.91 Å². The van der Waals surface area contributed by atoms with Crippen LogP contribution in [-0.2, 0) is 13.1 Å². The highest BCUT2D eigenvalue weighted by Crippen LogP contribution is 2.14. The van der Waals surface area contributed by atoms with E-state index >= 15 is 0 Å². The molecular formula is C18H16ClN3O2. The standard InChI is InChI=1S/C18H16ClN3O2/c19-15-9-5-4-8-14(15)10-20-17(23)16-11-21-18(24)22(16)12-13-6-2-1-3-7-13/h1-9,11H,10,12H2,(H,20,23)(H,21,24). The molecule has 0 aliphatic heterocycles. The fraction of sp³-hybridized carbons (Fsp3) is 0.111. The summed E-state index contributed by atoms with van der Waals surface area (Å²) in [6.45, 7) is 0.626. The van der Waals surface area contributed by atoms with Crippen molar-refractivity contribution in [1.29, 1.82) is 0 Å². The summed E-state index contributed by atoms with van der Waals surface area (Å²) in [5.74, 6) is -0.329. The lowest BCUT2D eigenvalue weighted by molar-refractivity contribution is 0.0941. The van der Waals surface area contributed by atoms with Gasteiger partial charge in [0.15, 0.2) is 0 Å². The molecule has 3 rings (SSSR count). The van der Waals surface area contributed by atoms with Crippen LogP contribution in [0.4, 0.5) is 0 Å². The van der Waals surface area contributed by atoms with Crippen LogP contribution in [0, 0.1) is 0 Å². The van der Waals surface area contributed by atoms with Gasteiger partial charge in [0.2, 0.25) is 0 Å². The van der Waals surface area contributed by atoms with Gasteiger partial charge >= 0.3 is 5.69 Å². The van der Waals surface area contributed by atoms with Crippen molar-refractivity contribution in [2.45, 2.75) is 13.1 Å². The molecule has 0 radical (unpaired) electrons. The van der Waals surface area contributed by atoms with Crippen molar-refractivity contribution in [1.82, 2.24) is 14.9 Å². The first-order chi connectivity index (χ1) is 11.6. The van der Waals surface area contributed by atoms with Gasteiger partial charge in [-0.1, -0.05) is 60.1 Å². The molecule has 5 nitrogen and oxygen atoms in total. The number of H-pyrrole nitrogens is 1. The molecule has 0 spiro atoms. The first kappa shape index (κ1) is 16.1. The second-order valence-electron chi connectivity index (χ2n) is 5.32. The van der Waals surface area contributed by atoms with Gasteiger partial charge < -0.3 is 10.3 Å². The number of benzene rings is 2. The first-order valence-electron chi connectivity index (χ1n) is 7.49. The van der Waals surface area contributed by atoms with Crippen LogP contribution in [0.25, 0.3) is 0 Å². The fourth-order valence-electron chi connectivity index (χ4n) is 2.41. The number of rotatable bonds is 5. The number of hydrogen-bond donors (Lipinski definition) is 2. The summed E-state index contributed by atoms with van der Waals surface area (Å²) in [5.41, 5.74) is 1.73. The van der Waals surface area contributed by atoms with Gasteiger partial charge in [0.05, 0.1) is 6.54 Å². The predicted octanol–water partition coefficient (Wildman–Crippen LogP) is 2.81. The van der Waals surface area contributed by atoms with Gasteiger partial charge in [-0.3, -0.25) is 9.36 Å². The summed E-state index contributed by atoms with van der Waals surface area (Å²) in [6, 6.07) is 16.8. The lowest BCUT2D eigenvalue weighted by Crippen LogP contribution is -2.29. The van der Waals surface area contributed by atoms with Crippen molar-refractivity contribution in [3.8, 4) is 0 Å². The Labute approximate surface area is 143 Å². The molecule has 122 valence electrons. The Hall–Kier alpha value is -2.79. The SMILES string of the molecule is O=C(NCc1ccccc1Cl)c1c[nH]c(=O)n1Cc1ccccc1. The van der Waals surface area contributed by atoms with E-state index in [2.05, 4.69) is 10.3 Å². The van der Waals surface area contributed by atoms with E-state index in [0.717, 1.165) is 11.1 Å². The van der Waals surface area contributed by atoms with Crippen LogP contribution >= 0.6 is 11.6 Å². The number of aromatic amines is 1. The monoisotopic (exact) mass is 341 g/mol. The van der Waals surface area contributed by atoms with Crippen LogP contribution in [0.1, 0.15) is 21.6 Å². The van der Waals surface area contributed by atoms with Crippen LogP contribution in [0.2, 0.25) is 5.02 Å². The Morgan fingerprint density at radius 1 is 1.08 bits per heavy atom. The summed E-state index contributed by atoms with van der Waals surface area (Å²) in [7, 11) is 0. The molecular weight excluding hydrogens is 326 g/mol. The van der Waals surface area contributed by atoms with Gasteiger partial charge in [0, 0.05) is 17.8 Å². The molecule has 6 heteroatoms. The van der Waals surface area contributed by atoms with E-state index in [9.17, 15) is 9.59 Å². The van der Waals surface area contributed by atoms with Gasteiger partial charge in [-0.05, 0) is 17.2 Å². The van der Waals surface area contributed by atoms with E-state index in [4.69, 9.17) is 11.6 Å². The number of hydrogen-bond acceptors (Lipinski definition) is 2. The van der Waals surface area contributed by atoms with Crippen molar-refractivity contribution in [2.75, 3.05) is 0 Å². The lowest BCUT2D eigenvalue weighted by atomic mass is 10.2. The molecule has 0 aliphatic rings. The Kier molecular flexibility index (Phi) is 4.82. The molecule has 2 aromatic carbocycles. The molecule has 1 heterocycles. The molecule has 0 fully saturated rings. The van der Waals surface area contributed by atoms with Crippen molar-refractivity contribution in [2.24, 2.45) is 0 Å². The minimum absolute atomic E-state index is 0.288. The molecule has 0 aliphatic carbocycles. The number of halogens is 1. The zero-order chi connectivity index (χ0) is 16.9. The molecule has 24 heavy (non-hydrogen) atoms.